The van der Waals surface area contributed by atoms with Crippen LogP contribution < -0.4 is 0 Å². The van der Waals surface area contributed by atoms with Crippen LogP contribution in [-0.4, -0.2) is 24.3 Å². The lowest BCUT2D eigenvalue weighted by Gasteiger charge is -2.12. The standard InChI is InChI=1S/C62H37N5S/c1-3-11-38(12-4-1)40-19-25-43(26-20-40)59-64-60(44-27-21-41(22-28-44)39-13-5-2-6-14-39)66-61(65-59)45-29-23-42(24-30-45)55-37-53-52-35-48-17-9-10-18-49(48)36-56(52)68-58(53)62-63-57-51-34-47-16-8-7-15-46(47)33-50(51)31-32-54(57)67(55)62/h1-37H. The first-order valence-electron chi connectivity index (χ1n) is 22.9. The van der Waals surface area contributed by atoms with Gasteiger partial charge in [0.15, 0.2) is 23.1 Å². The number of pyridine rings is 1. The quantitative estimate of drug-likeness (QED) is 0.156. The zero-order valence-corrected chi connectivity index (χ0v) is 37.3. The van der Waals surface area contributed by atoms with Gasteiger partial charge in [0.2, 0.25) is 0 Å². The van der Waals surface area contributed by atoms with E-state index in [2.05, 4.69) is 217 Å². The zero-order chi connectivity index (χ0) is 44.7. The van der Waals surface area contributed by atoms with Crippen LogP contribution in [0.25, 0.3) is 137 Å². The number of thiophene rings is 1. The molecule has 68 heavy (non-hydrogen) atoms. The Balaban J connectivity index is 0.936. The summed E-state index contributed by atoms with van der Waals surface area (Å²) in [6.45, 7) is 0. The Kier molecular flexibility index (Phi) is 8.69. The third-order valence-electron chi connectivity index (χ3n) is 13.4. The lowest BCUT2D eigenvalue weighted by atomic mass is 10.0. The first-order chi connectivity index (χ1) is 33.6. The summed E-state index contributed by atoms with van der Waals surface area (Å²) in [5, 5.41) is 9.67. The minimum absolute atomic E-state index is 0.610. The van der Waals surface area contributed by atoms with Crippen molar-refractivity contribution in [2.24, 2.45) is 0 Å². The normalized spacial score (nSPS) is 11.8. The maximum atomic E-state index is 5.56. The molecule has 0 unspecified atom stereocenters. The van der Waals surface area contributed by atoms with Crippen molar-refractivity contribution in [1.29, 1.82) is 0 Å². The average molecular weight is 884 g/mol. The monoisotopic (exact) mass is 883 g/mol. The molecule has 4 aromatic heterocycles. The molecule has 4 heterocycles. The molecule has 6 heteroatoms. The number of aromatic nitrogens is 5. The minimum Gasteiger partial charge on any atom is -0.291 e. The van der Waals surface area contributed by atoms with E-state index in [4.69, 9.17) is 19.9 Å². The van der Waals surface area contributed by atoms with E-state index in [-0.39, 0.29) is 0 Å². The first kappa shape index (κ1) is 38.4. The highest BCUT2D eigenvalue weighted by atomic mass is 32.1. The Morgan fingerprint density at radius 3 is 1.29 bits per heavy atom. The first-order valence-corrected chi connectivity index (χ1v) is 23.7. The number of fused-ring (bicyclic) bond motifs is 11. The van der Waals surface area contributed by atoms with Gasteiger partial charge in [-0.1, -0.05) is 188 Å². The number of nitrogens with zero attached hydrogens (tertiary/aromatic N) is 5. The van der Waals surface area contributed by atoms with Crippen molar-refractivity contribution in [2.45, 2.75) is 0 Å². The fourth-order valence-corrected chi connectivity index (χ4v) is 11.1. The van der Waals surface area contributed by atoms with Crippen molar-refractivity contribution >= 4 is 80.5 Å². The summed E-state index contributed by atoms with van der Waals surface area (Å²) in [5.74, 6) is 1.85. The van der Waals surface area contributed by atoms with Gasteiger partial charge < -0.3 is 0 Å². The largest absolute Gasteiger partial charge is 0.291 e. The fraction of sp³-hybridized carbons (Fsp3) is 0. The second kappa shape index (κ2) is 15.4. The predicted octanol–water partition coefficient (Wildman–Crippen LogP) is 16.5. The maximum Gasteiger partial charge on any atom is 0.164 e. The molecule has 5 nitrogen and oxygen atoms in total. The molecule has 0 radical (unpaired) electrons. The second-order valence-corrected chi connectivity index (χ2v) is 18.5. The van der Waals surface area contributed by atoms with Crippen molar-refractivity contribution < 1.29 is 0 Å². The summed E-state index contributed by atoms with van der Waals surface area (Å²) in [6.07, 6.45) is 0. The Hall–Kier alpha value is -8.84. The van der Waals surface area contributed by atoms with Gasteiger partial charge in [0.25, 0.3) is 0 Å². The van der Waals surface area contributed by atoms with E-state index in [9.17, 15) is 0 Å². The van der Waals surface area contributed by atoms with Gasteiger partial charge in [0.1, 0.15) is 0 Å². The molecule has 316 valence electrons. The van der Waals surface area contributed by atoms with Crippen LogP contribution in [0.4, 0.5) is 0 Å². The fourth-order valence-electron chi connectivity index (χ4n) is 9.91. The Morgan fingerprint density at radius 2 is 0.750 bits per heavy atom. The van der Waals surface area contributed by atoms with Crippen molar-refractivity contribution in [1.82, 2.24) is 24.3 Å². The van der Waals surface area contributed by atoms with E-state index in [1.54, 1.807) is 0 Å². The van der Waals surface area contributed by atoms with E-state index in [0.29, 0.717) is 17.5 Å². The van der Waals surface area contributed by atoms with E-state index in [0.717, 1.165) is 72.3 Å². The van der Waals surface area contributed by atoms with Crippen LogP contribution in [0, 0.1) is 0 Å². The van der Waals surface area contributed by atoms with Crippen molar-refractivity contribution in [3.63, 3.8) is 0 Å². The molecule has 14 aromatic rings. The van der Waals surface area contributed by atoms with E-state index in [1.165, 1.54) is 47.1 Å². The molecule has 0 aliphatic carbocycles. The third-order valence-corrected chi connectivity index (χ3v) is 14.6. The summed E-state index contributed by atoms with van der Waals surface area (Å²) in [7, 11) is 0. The summed E-state index contributed by atoms with van der Waals surface area (Å²) in [5.41, 5.74) is 12.5. The molecular weight excluding hydrogens is 847 g/mol. The van der Waals surface area contributed by atoms with Crippen LogP contribution in [0.2, 0.25) is 0 Å². The molecule has 0 bridgehead atoms. The smallest absolute Gasteiger partial charge is 0.164 e. The Bertz CT molecular complexity index is 4170. The number of hydrogen-bond donors (Lipinski definition) is 0. The molecule has 0 saturated carbocycles. The molecule has 10 aromatic carbocycles. The molecule has 0 amide bonds. The molecule has 0 fully saturated rings. The van der Waals surface area contributed by atoms with Gasteiger partial charge in [-0.25, -0.2) is 19.9 Å². The van der Waals surface area contributed by atoms with E-state index in [1.807, 2.05) is 23.5 Å². The van der Waals surface area contributed by atoms with Gasteiger partial charge in [0, 0.05) is 37.5 Å². The lowest BCUT2D eigenvalue weighted by Crippen LogP contribution is -2.00. The van der Waals surface area contributed by atoms with Crippen molar-refractivity contribution in [2.75, 3.05) is 0 Å². The SMILES string of the molecule is c1ccc(-c2ccc(-c3nc(-c4ccc(-c5ccccc5)cc4)nc(-c4ccc(-c5cc6c7cc8ccccc8cc7sc6c6nc7c8cc9ccccc9cc8ccc7n56)cc4)n3)cc2)cc1. The van der Waals surface area contributed by atoms with E-state index >= 15 is 0 Å². The average Bonchev–Trinajstić information content (AvgIpc) is 3.99. The van der Waals surface area contributed by atoms with Gasteiger partial charge in [-0.15, -0.1) is 11.3 Å². The predicted molar refractivity (Wildman–Crippen MR) is 284 cm³/mol. The molecule has 0 aliphatic heterocycles. The molecule has 14 rings (SSSR count). The van der Waals surface area contributed by atoms with Crippen LogP contribution in [0.5, 0.6) is 0 Å². The highest BCUT2D eigenvalue weighted by Gasteiger charge is 2.21. The molecule has 0 atom stereocenters. The summed E-state index contributed by atoms with van der Waals surface area (Å²) in [4.78, 5) is 21.0. The van der Waals surface area contributed by atoms with Crippen LogP contribution >= 0.6 is 11.3 Å². The number of rotatable bonds is 6. The van der Waals surface area contributed by atoms with Gasteiger partial charge in [-0.05, 0) is 91.1 Å². The summed E-state index contributed by atoms with van der Waals surface area (Å²) >= 11 is 1.82. The maximum absolute atomic E-state index is 5.56. The molecule has 0 N–H and O–H groups in total. The number of hydrogen-bond acceptors (Lipinski definition) is 5. The molecule has 0 spiro atoms. The van der Waals surface area contributed by atoms with Gasteiger partial charge in [-0.2, -0.15) is 0 Å². The number of benzene rings is 10. The van der Waals surface area contributed by atoms with E-state index < -0.39 is 0 Å². The second-order valence-electron chi connectivity index (χ2n) is 17.5. The van der Waals surface area contributed by atoms with Crippen molar-refractivity contribution in [3.8, 4) is 67.7 Å². The summed E-state index contributed by atoms with van der Waals surface area (Å²) in [6, 6.07) is 79.8. The molecule has 0 aliphatic rings. The highest BCUT2D eigenvalue weighted by Crippen LogP contribution is 2.43. The lowest BCUT2D eigenvalue weighted by molar-refractivity contribution is 1.07. The Morgan fingerprint density at radius 1 is 0.309 bits per heavy atom. The van der Waals surface area contributed by atoms with Crippen LogP contribution in [0.15, 0.2) is 224 Å². The van der Waals surface area contributed by atoms with Gasteiger partial charge in [0.05, 0.1) is 21.4 Å². The summed E-state index contributed by atoms with van der Waals surface area (Å²) < 4.78 is 4.80. The van der Waals surface area contributed by atoms with Crippen molar-refractivity contribution in [3.05, 3.63) is 224 Å². The van der Waals surface area contributed by atoms with Crippen LogP contribution in [0.3, 0.4) is 0 Å². The Labute approximate surface area is 395 Å². The van der Waals surface area contributed by atoms with Crippen LogP contribution in [0.1, 0.15) is 0 Å². The van der Waals surface area contributed by atoms with Crippen LogP contribution in [-0.2, 0) is 0 Å². The number of imidazole rings is 1. The topological polar surface area (TPSA) is 56.0 Å². The molecular formula is C62H37N5S. The van der Waals surface area contributed by atoms with Gasteiger partial charge in [-0.3, -0.25) is 4.40 Å². The highest BCUT2D eigenvalue weighted by molar-refractivity contribution is 7.26. The molecule has 0 saturated heterocycles. The minimum atomic E-state index is 0.610. The third kappa shape index (κ3) is 6.38. The van der Waals surface area contributed by atoms with Gasteiger partial charge >= 0.3 is 0 Å². The zero-order valence-electron chi connectivity index (χ0n) is 36.5.